The SMILES string of the molecule is CC(C)(C)c1cc(Nc2ccccc2)cc(Oc2ccccc2)c1. The normalized spacial score (nSPS) is 11.1. The number of rotatable bonds is 4. The van der Waals surface area contributed by atoms with Gasteiger partial charge in [0.25, 0.3) is 0 Å². The number of hydrogen-bond donors (Lipinski definition) is 1. The van der Waals surface area contributed by atoms with Crippen LogP contribution in [0.25, 0.3) is 0 Å². The lowest BCUT2D eigenvalue weighted by Crippen LogP contribution is -2.11. The number of anilines is 2. The molecular weight excluding hydrogens is 294 g/mol. The highest BCUT2D eigenvalue weighted by Gasteiger charge is 2.16. The van der Waals surface area contributed by atoms with Gasteiger partial charge < -0.3 is 10.1 Å². The summed E-state index contributed by atoms with van der Waals surface area (Å²) in [6.45, 7) is 6.63. The molecule has 0 saturated carbocycles. The summed E-state index contributed by atoms with van der Waals surface area (Å²) in [5.74, 6) is 1.68. The molecule has 0 aromatic heterocycles. The van der Waals surface area contributed by atoms with E-state index in [1.807, 2.05) is 54.6 Å². The van der Waals surface area contributed by atoms with Gasteiger partial charge in [0.2, 0.25) is 0 Å². The fourth-order valence-electron chi connectivity index (χ4n) is 2.48. The minimum Gasteiger partial charge on any atom is -0.457 e. The van der Waals surface area contributed by atoms with E-state index in [-0.39, 0.29) is 5.41 Å². The van der Waals surface area contributed by atoms with E-state index in [0.29, 0.717) is 0 Å². The Morgan fingerprint density at radius 2 is 1.29 bits per heavy atom. The van der Waals surface area contributed by atoms with Crippen LogP contribution in [0, 0.1) is 0 Å². The minimum absolute atomic E-state index is 0.0448. The molecule has 2 nitrogen and oxygen atoms in total. The predicted octanol–water partition coefficient (Wildman–Crippen LogP) is 6.52. The third-order valence-corrected chi connectivity index (χ3v) is 3.81. The van der Waals surface area contributed by atoms with E-state index in [1.54, 1.807) is 0 Å². The Bertz CT molecular complexity index is 729. The highest BCUT2D eigenvalue weighted by Crippen LogP contribution is 2.33. The van der Waals surface area contributed by atoms with Gasteiger partial charge in [0.1, 0.15) is 11.5 Å². The van der Waals surface area contributed by atoms with Gasteiger partial charge in [-0.25, -0.2) is 0 Å². The van der Waals surface area contributed by atoms with Crippen molar-refractivity contribution in [3.8, 4) is 11.5 Å². The van der Waals surface area contributed by atoms with Crippen LogP contribution in [0.5, 0.6) is 11.5 Å². The summed E-state index contributed by atoms with van der Waals surface area (Å²) in [7, 11) is 0. The quantitative estimate of drug-likeness (QED) is 0.591. The second-order valence-electron chi connectivity index (χ2n) is 6.90. The van der Waals surface area contributed by atoms with E-state index in [9.17, 15) is 0 Å². The molecule has 1 N–H and O–H groups in total. The van der Waals surface area contributed by atoms with Gasteiger partial charge in [-0.15, -0.1) is 0 Å². The van der Waals surface area contributed by atoms with Crippen molar-refractivity contribution in [1.29, 1.82) is 0 Å². The second-order valence-corrected chi connectivity index (χ2v) is 6.90. The van der Waals surface area contributed by atoms with Crippen LogP contribution < -0.4 is 10.1 Å². The molecule has 24 heavy (non-hydrogen) atoms. The van der Waals surface area contributed by atoms with Crippen molar-refractivity contribution < 1.29 is 4.74 Å². The maximum Gasteiger partial charge on any atom is 0.129 e. The van der Waals surface area contributed by atoms with Crippen molar-refractivity contribution >= 4 is 11.4 Å². The topological polar surface area (TPSA) is 21.3 Å². The first-order chi connectivity index (χ1) is 11.5. The lowest BCUT2D eigenvalue weighted by Gasteiger charge is -2.22. The molecule has 0 bridgehead atoms. The third kappa shape index (κ3) is 4.17. The standard InChI is InChI=1S/C22H23NO/c1-22(2,3)17-14-19(23-18-10-6-4-7-11-18)16-21(15-17)24-20-12-8-5-9-13-20/h4-16,23H,1-3H3. The van der Waals surface area contributed by atoms with Gasteiger partial charge >= 0.3 is 0 Å². The van der Waals surface area contributed by atoms with Gasteiger partial charge in [0.05, 0.1) is 0 Å². The minimum atomic E-state index is 0.0448. The van der Waals surface area contributed by atoms with Gasteiger partial charge in [-0.05, 0) is 47.4 Å². The second kappa shape index (κ2) is 6.79. The number of hydrogen-bond acceptors (Lipinski definition) is 2. The lowest BCUT2D eigenvalue weighted by molar-refractivity contribution is 0.479. The maximum atomic E-state index is 6.05. The summed E-state index contributed by atoms with van der Waals surface area (Å²) in [5.41, 5.74) is 3.37. The number of benzene rings is 3. The highest BCUT2D eigenvalue weighted by molar-refractivity contribution is 5.63. The lowest BCUT2D eigenvalue weighted by atomic mass is 9.86. The van der Waals surface area contributed by atoms with E-state index in [1.165, 1.54) is 5.56 Å². The third-order valence-electron chi connectivity index (χ3n) is 3.81. The molecule has 3 aromatic carbocycles. The molecule has 0 radical (unpaired) electrons. The average molecular weight is 317 g/mol. The van der Waals surface area contributed by atoms with Crippen molar-refractivity contribution in [3.05, 3.63) is 84.4 Å². The van der Waals surface area contributed by atoms with Gasteiger partial charge in [0, 0.05) is 17.4 Å². The van der Waals surface area contributed by atoms with E-state index in [0.717, 1.165) is 22.9 Å². The molecular formula is C22H23NO. The number of nitrogens with one attached hydrogen (secondary N) is 1. The molecule has 122 valence electrons. The van der Waals surface area contributed by atoms with Crippen molar-refractivity contribution in [2.24, 2.45) is 0 Å². The fourth-order valence-corrected chi connectivity index (χ4v) is 2.48. The molecule has 2 heteroatoms. The zero-order chi connectivity index (χ0) is 17.0. The van der Waals surface area contributed by atoms with Gasteiger partial charge in [-0.1, -0.05) is 57.2 Å². The summed E-state index contributed by atoms with van der Waals surface area (Å²) in [6, 6.07) is 26.4. The molecule has 0 fully saturated rings. The van der Waals surface area contributed by atoms with Crippen LogP contribution in [-0.2, 0) is 5.41 Å². The Balaban J connectivity index is 1.94. The Morgan fingerprint density at radius 3 is 1.92 bits per heavy atom. The summed E-state index contributed by atoms with van der Waals surface area (Å²) < 4.78 is 6.05. The zero-order valence-electron chi connectivity index (χ0n) is 14.4. The van der Waals surface area contributed by atoms with Crippen LogP contribution in [0.1, 0.15) is 26.3 Å². The molecule has 3 rings (SSSR count). The Kier molecular flexibility index (Phi) is 4.57. The summed E-state index contributed by atoms with van der Waals surface area (Å²) in [5, 5.41) is 3.46. The van der Waals surface area contributed by atoms with E-state index in [2.05, 4.69) is 50.4 Å². The molecule has 0 unspecified atom stereocenters. The van der Waals surface area contributed by atoms with Crippen molar-refractivity contribution in [1.82, 2.24) is 0 Å². The Hall–Kier alpha value is -2.74. The molecule has 0 saturated heterocycles. The first-order valence-corrected chi connectivity index (χ1v) is 8.21. The van der Waals surface area contributed by atoms with E-state index in [4.69, 9.17) is 4.74 Å². The molecule has 0 atom stereocenters. The van der Waals surface area contributed by atoms with Gasteiger partial charge in [-0.2, -0.15) is 0 Å². The molecule has 0 amide bonds. The molecule has 3 aromatic rings. The Morgan fingerprint density at radius 1 is 0.667 bits per heavy atom. The molecule has 0 spiro atoms. The van der Waals surface area contributed by atoms with Crippen molar-refractivity contribution in [2.45, 2.75) is 26.2 Å². The number of ether oxygens (including phenoxy) is 1. The molecule has 0 aliphatic carbocycles. The number of para-hydroxylation sites is 2. The fraction of sp³-hybridized carbons (Fsp3) is 0.182. The van der Waals surface area contributed by atoms with Crippen LogP contribution in [-0.4, -0.2) is 0 Å². The average Bonchev–Trinajstić information content (AvgIpc) is 2.56. The maximum absolute atomic E-state index is 6.05. The summed E-state index contributed by atoms with van der Waals surface area (Å²) in [4.78, 5) is 0. The van der Waals surface area contributed by atoms with Crippen molar-refractivity contribution in [3.63, 3.8) is 0 Å². The van der Waals surface area contributed by atoms with Crippen LogP contribution in [0.3, 0.4) is 0 Å². The summed E-state index contributed by atoms with van der Waals surface area (Å²) in [6.07, 6.45) is 0. The van der Waals surface area contributed by atoms with Crippen LogP contribution in [0.15, 0.2) is 78.9 Å². The van der Waals surface area contributed by atoms with Crippen LogP contribution in [0.4, 0.5) is 11.4 Å². The molecule has 0 aliphatic rings. The largest absolute Gasteiger partial charge is 0.457 e. The first kappa shape index (κ1) is 16.1. The zero-order valence-corrected chi connectivity index (χ0v) is 14.4. The van der Waals surface area contributed by atoms with Crippen LogP contribution in [0.2, 0.25) is 0 Å². The smallest absolute Gasteiger partial charge is 0.129 e. The van der Waals surface area contributed by atoms with Crippen molar-refractivity contribution in [2.75, 3.05) is 5.32 Å². The highest BCUT2D eigenvalue weighted by atomic mass is 16.5. The van der Waals surface area contributed by atoms with Gasteiger partial charge in [0.15, 0.2) is 0 Å². The molecule has 0 heterocycles. The predicted molar refractivity (Wildman–Crippen MR) is 101 cm³/mol. The monoisotopic (exact) mass is 317 g/mol. The van der Waals surface area contributed by atoms with E-state index < -0.39 is 0 Å². The van der Waals surface area contributed by atoms with Crippen LogP contribution >= 0.6 is 0 Å². The van der Waals surface area contributed by atoms with E-state index >= 15 is 0 Å². The molecule has 0 aliphatic heterocycles. The Labute approximate surface area is 144 Å². The summed E-state index contributed by atoms with van der Waals surface area (Å²) >= 11 is 0. The van der Waals surface area contributed by atoms with Gasteiger partial charge in [-0.3, -0.25) is 0 Å². The first-order valence-electron chi connectivity index (χ1n) is 8.21.